The number of rotatable bonds is 4. The SMILES string of the molecule is CC(CCO)Nc1ccnc2cc(N)ccc12. The van der Waals surface area contributed by atoms with Crippen molar-refractivity contribution in [3.8, 4) is 0 Å². The van der Waals surface area contributed by atoms with Gasteiger partial charge in [-0.05, 0) is 37.6 Å². The molecule has 0 fully saturated rings. The van der Waals surface area contributed by atoms with Crippen LogP contribution in [-0.2, 0) is 0 Å². The van der Waals surface area contributed by atoms with E-state index >= 15 is 0 Å². The third-order valence-electron chi connectivity index (χ3n) is 2.73. The molecule has 1 atom stereocenters. The number of nitrogens with one attached hydrogen (secondary N) is 1. The van der Waals surface area contributed by atoms with E-state index < -0.39 is 0 Å². The minimum absolute atomic E-state index is 0.185. The van der Waals surface area contributed by atoms with Crippen LogP contribution in [0.5, 0.6) is 0 Å². The standard InChI is InChI=1S/C13H17N3O/c1-9(5-7-17)16-12-4-6-15-13-8-10(14)2-3-11(12)13/h2-4,6,8-9,17H,5,7,14H2,1H3,(H,15,16). The van der Waals surface area contributed by atoms with E-state index in [-0.39, 0.29) is 12.6 Å². The third kappa shape index (κ3) is 2.65. The molecule has 1 heterocycles. The van der Waals surface area contributed by atoms with E-state index in [4.69, 9.17) is 10.8 Å². The van der Waals surface area contributed by atoms with Crippen molar-refractivity contribution in [2.75, 3.05) is 17.7 Å². The normalized spacial score (nSPS) is 12.6. The lowest BCUT2D eigenvalue weighted by molar-refractivity contribution is 0.282. The van der Waals surface area contributed by atoms with Crippen LogP contribution in [0.25, 0.3) is 10.9 Å². The lowest BCUT2D eigenvalue weighted by atomic mass is 10.1. The van der Waals surface area contributed by atoms with Crippen molar-refractivity contribution >= 4 is 22.3 Å². The molecule has 0 saturated heterocycles. The van der Waals surface area contributed by atoms with E-state index in [9.17, 15) is 0 Å². The van der Waals surface area contributed by atoms with E-state index in [2.05, 4.69) is 10.3 Å². The maximum absolute atomic E-state index is 8.90. The van der Waals surface area contributed by atoms with Gasteiger partial charge < -0.3 is 16.2 Å². The van der Waals surface area contributed by atoms with Gasteiger partial charge in [0.15, 0.2) is 0 Å². The number of nitrogens with zero attached hydrogens (tertiary/aromatic N) is 1. The lowest BCUT2D eigenvalue weighted by Crippen LogP contribution is -2.16. The van der Waals surface area contributed by atoms with Crippen LogP contribution in [0.2, 0.25) is 0 Å². The summed E-state index contributed by atoms with van der Waals surface area (Å²) in [6.45, 7) is 2.23. The number of pyridine rings is 1. The summed E-state index contributed by atoms with van der Waals surface area (Å²) in [5.41, 5.74) is 8.35. The summed E-state index contributed by atoms with van der Waals surface area (Å²) in [6, 6.07) is 7.85. The molecular formula is C13H17N3O. The predicted molar refractivity (Wildman–Crippen MR) is 70.9 cm³/mol. The highest BCUT2D eigenvalue weighted by atomic mass is 16.3. The number of fused-ring (bicyclic) bond motifs is 1. The largest absolute Gasteiger partial charge is 0.399 e. The average Bonchev–Trinajstić information content (AvgIpc) is 2.29. The number of nitrogen functional groups attached to an aromatic ring is 1. The molecule has 2 rings (SSSR count). The zero-order valence-corrected chi connectivity index (χ0v) is 9.85. The van der Waals surface area contributed by atoms with Crippen LogP contribution in [0, 0.1) is 0 Å². The number of anilines is 2. The van der Waals surface area contributed by atoms with Gasteiger partial charge >= 0.3 is 0 Å². The highest BCUT2D eigenvalue weighted by molar-refractivity contribution is 5.92. The predicted octanol–water partition coefficient (Wildman–Crippen LogP) is 2.00. The first-order chi connectivity index (χ1) is 8.20. The molecule has 0 aliphatic heterocycles. The molecule has 4 nitrogen and oxygen atoms in total. The highest BCUT2D eigenvalue weighted by Gasteiger charge is 2.05. The van der Waals surface area contributed by atoms with Gasteiger partial charge in [0.05, 0.1) is 5.52 Å². The first kappa shape index (κ1) is 11.7. The molecule has 90 valence electrons. The van der Waals surface area contributed by atoms with Crippen molar-refractivity contribution in [2.24, 2.45) is 0 Å². The van der Waals surface area contributed by atoms with Gasteiger partial charge in [-0.1, -0.05) is 0 Å². The molecule has 0 spiro atoms. The second kappa shape index (κ2) is 5.01. The fourth-order valence-electron chi connectivity index (χ4n) is 1.82. The maximum Gasteiger partial charge on any atom is 0.0743 e. The molecular weight excluding hydrogens is 214 g/mol. The van der Waals surface area contributed by atoms with Gasteiger partial charge in [-0.25, -0.2) is 0 Å². The molecule has 1 aromatic heterocycles. The molecule has 17 heavy (non-hydrogen) atoms. The van der Waals surface area contributed by atoms with Gasteiger partial charge in [-0.15, -0.1) is 0 Å². The number of benzene rings is 1. The molecule has 1 unspecified atom stereocenters. The summed E-state index contributed by atoms with van der Waals surface area (Å²) < 4.78 is 0. The fourth-order valence-corrected chi connectivity index (χ4v) is 1.82. The molecule has 0 aliphatic carbocycles. The monoisotopic (exact) mass is 231 g/mol. The first-order valence-corrected chi connectivity index (χ1v) is 5.72. The number of aliphatic hydroxyl groups is 1. The van der Waals surface area contributed by atoms with Crippen molar-refractivity contribution in [1.29, 1.82) is 0 Å². The number of aliphatic hydroxyl groups excluding tert-OH is 1. The second-order valence-electron chi connectivity index (χ2n) is 4.19. The zero-order valence-electron chi connectivity index (χ0n) is 9.85. The van der Waals surface area contributed by atoms with E-state index in [0.29, 0.717) is 5.69 Å². The molecule has 0 aliphatic rings. The smallest absolute Gasteiger partial charge is 0.0743 e. The molecule has 4 N–H and O–H groups in total. The van der Waals surface area contributed by atoms with Crippen molar-refractivity contribution < 1.29 is 5.11 Å². The van der Waals surface area contributed by atoms with Crippen LogP contribution in [0.3, 0.4) is 0 Å². The fraction of sp³-hybridized carbons (Fsp3) is 0.308. The van der Waals surface area contributed by atoms with Crippen LogP contribution < -0.4 is 11.1 Å². The summed E-state index contributed by atoms with van der Waals surface area (Å²) in [5.74, 6) is 0. The Labute approximate surface area is 100 Å². The van der Waals surface area contributed by atoms with E-state index in [1.807, 2.05) is 31.2 Å². The number of hydrogen-bond donors (Lipinski definition) is 3. The summed E-state index contributed by atoms with van der Waals surface area (Å²) in [7, 11) is 0. The highest BCUT2D eigenvalue weighted by Crippen LogP contribution is 2.24. The average molecular weight is 231 g/mol. The number of hydrogen-bond acceptors (Lipinski definition) is 4. The first-order valence-electron chi connectivity index (χ1n) is 5.72. The molecule has 0 amide bonds. The van der Waals surface area contributed by atoms with Gasteiger partial charge in [0, 0.05) is 35.6 Å². The van der Waals surface area contributed by atoms with E-state index in [1.54, 1.807) is 6.20 Å². The quantitative estimate of drug-likeness (QED) is 0.704. The minimum Gasteiger partial charge on any atom is -0.399 e. The Bertz CT molecular complexity index is 513. The summed E-state index contributed by atoms with van der Waals surface area (Å²) >= 11 is 0. The molecule has 2 aromatic rings. The van der Waals surface area contributed by atoms with Crippen LogP contribution in [0.4, 0.5) is 11.4 Å². The van der Waals surface area contributed by atoms with E-state index in [1.165, 1.54) is 0 Å². The Morgan fingerprint density at radius 3 is 3.00 bits per heavy atom. The topological polar surface area (TPSA) is 71.2 Å². The van der Waals surface area contributed by atoms with E-state index in [0.717, 1.165) is 23.0 Å². The van der Waals surface area contributed by atoms with Crippen LogP contribution in [0.15, 0.2) is 30.5 Å². The summed E-state index contributed by atoms with van der Waals surface area (Å²) in [6.07, 6.45) is 2.48. The zero-order chi connectivity index (χ0) is 12.3. The summed E-state index contributed by atoms with van der Waals surface area (Å²) in [4.78, 5) is 4.29. The Morgan fingerprint density at radius 2 is 2.24 bits per heavy atom. The molecule has 1 aromatic carbocycles. The van der Waals surface area contributed by atoms with Crippen LogP contribution in [0.1, 0.15) is 13.3 Å². The molecule has 0 bridgehead atoms. The van der Waals surface area contributed by atoms with Gasteiger partial charge in [0.1, 0.15) is 0 Å². The second-order valence-corrected chi connectivity index (χ2v) is 4.19. The van der Waals surface area contributed by atoms with Crippen molar-refractivity contribution in [3.05, 3.63) is 30.5 Å². The van der Waals surface area contributed by atoms with Gasteiger partial charge in [0.2, 0.25) is 0 Å². The van der Waals surface area contributed by atoms with Gasteiger partial charge in [0.25, 0.3) is 0 Å². The molecule has 0 radical (unpaired) electrons. The minimum atomic E-state index is 0.185. The Balaban J connectivity index is 2.34. The van der Waals surface area contributed by atoms with Gasteiger partial charge in [-0.3, -0.25) is 4.98 Å². The van der Waals surface area contributed by atoms with Crippen molar-refractivity contribution in [3.63, 3.8) is 0 Å². The Hall–Kier alpha value is -1.81. The maximum atomic E-state index is 8.90. The third-order valence-corrected chi connectivity index (χ3v) is 2.73. The number of aromatic nitrogens is 1. The Morgan fingerprint density at radius 1 is 1.41 bits per heavy atom. The van der Waals surface area contributed by atoms with Crippen molar-refractivity contribution in [2.45, 2.75) is 19.4 Å². The van der Waals surface area contributed by atoms with Crippen molar-refractivity contribution in [1.82, 2.24) is 4.98 Å². The molecule has 0 saturated carbocycles. The lowest BCUT2D eigenvalue weighted by Gasteiger charge is -2.15. The number of nitrogens with two attached hydrogens (primary N) is 1. The van der Waals surface area contributed by atoms with Crippen LogP contribution in [-0.4, -0.2) is 22.7 Å². The summed E-state index contributed by atoms with van der Waals surface area (Å²) in [5, 5.41) is 13.3. The Kier molecular flexibility index (Phi) is 3.44. The molecule has 4 heteroatoms. The van der Waals surface area contributed by atoms with Gasteiger partial charge in [-0.2, -0.15) is 0 Å². The van der Waals surface area contributed by atoms with Crippen LogP contribution >= 0.6 is 0 Å².